The van der Waals surface area contributed by atoms with Crippen LogP contribution in [0.15, 0.2) is 24.3 Å². The third kappa shape index (κ3) is 5.61. The molecule has 0 saturated carbocycles. The second-order valence-corrected chi connectivity index (χ2v) is 5.73. The van der Waals surface area contributed by atoms with Gasteiger partial charge in [0.2, 0.25) is 5.91 Å². The molecule has 0 saturated heterocycles. The molecule has 0 spiro atoms. The summed E-state index contributed by atoms with van der Waals surface area (Å²) in [6.07, 6.45) is 0. The minimum atomic E-state index is -0.272. The summed E-state index contributed by atoms with van der Waals surface area (Å²) >= 11 is 1.57. The van der Waals surface area contributed by atoms with E-state index >= 15 is 0 Å². The van der Waals surface area contributed by atoms with Crippen LogP contribution in [0, 0.1) is 11.7 Å². The summed E-state index contributed by atoms with van der Waals surface area (Å²) < 4.78 is 13.5. The highest BCUT2D eigenvalue weighted by atomic mass is 32.2. The van der Waals surface area contributed by atoms with Gasteiger partial charge in [-0.15, -0.1) is 0 Å². The first-order valence-corrected chi connectivity index (χ1v) is 7.45. The summed E-state index contributed by atoms with van der Waals surface area (Å²) in [6.45, 7) is 2.99. The standard InChI is InChI=1S/C14H21FN2OS/c1-11(7-16)9-19-10-14(18)17(2)8-12-5-3-4-6-13(12)15/h3-6,11H,7-10,16H2,1-2H3. The van der Waals surface area contributed by atoms with Gasteiger partial charge in [0.15, 0.2) is 0 Å². The van der Waals surface area contributed by atoms with Gasteiger partial charge in [-0.3, -0.25) is 4.79 Å². The molecule has 3 nitrogen and oxygen atoms in total. The van der Waals surface area contributed by atoms with Crippen LogP contribution in [0.2, 0.25) is 0 Å². The molecule has 0 aliphatic rings. The zero-order valence-corrected chi connectivity index (χ0v) is 12.3. The average molecular weight is 284 g/mol. The SMILES string of the molecule is CC(CN)CSCC(=O)N(C)Cc1ccccc1F. The lowest BCUT2D eigenvalue weighted by Crippen LogP contribution is -2.28. The van der Waals surface area contributed by atoms with E-state index < -0.39 is 0 Å². The number of thioether (sulfide) groups is 1. The summed E-state index contributed by atoms with van der Waals surface area (Å²) in [5, 5.41) is 0. The number of halogens is 1. The first-order chi connectivity index (χ1) is 9.04. The van der Waals surface area contributed by atoms with Crippen molar-refractivity contribution in [3.63, 3.8) is 0 Å². The molecule has 106 valence electrons. The van der Waals surface area contributed by atoms with Crippen LogP contribution in [-0.2, 0) is 11.3 Å². The molecule has 0 aliphatic carbocycles. The number of carbonyl (C=O) groups excluding carboxylic acids is 1. The minimum absolute atomic E-state index is 0.0116. The Morgan fingerprint density at radius 3 is 2.79 bits per heavy atom. The van der Waals surface area contributed by atoms with E-state index in [0.717, 1.165) is 5.75 Å². The Balaban J connectivity index is 2.39. The van der Waals surface area contributed by atoms with Crippen LogP contribution in [0.4, 0.5) is 4.39 Å². The van der Waals surface area contributed by atoms with Crippen molar-refractivity contribution in [3.8, 4) is 0 Å². The van der Waals surface area contributed by atoms with Crippen molar-refractivity contribution in [1.29, 1.82) is 0 Å². The number of carbonyl (C=O) groups is 1. The molecule has 0 fully saturated rings. The predicted molar refractivity (Wildman–Crippen MR) is 78.4 cm³/mol. The van der Waals surface area contributed by atoms with E-state index in [2.05, 4.69) is 6.92 Å². The fraction of sp³-hybridized carbons (Fsp3) is 0.500. The molecular weight excluding hydrogens is 263 g/mol. The van der Waals surface area contributed by atoms with Crippen LogP contribution in [0.5, 0.6) is 0 Å². The highest BCUT2D eigenvalue weighted by Gasteiger charge is 2.12. The van der Waals surface area contributed by atoms with Gasteiger partial charge in [-0.2, -0.15) is 11.8 Å². The first kappa shape index (κ1) is 16.0. The smallest absolute Gasteiger partial charge is 0.232 e. The van der Waals surface area contributed by atoms with Crippen LogP contribution >= 0.6 is 11.8 Å². The van der Waals surface area contributed by atoms with E-state index in [-0.39, 0.29) is 11.7 Å². The zero-order valence-electron chi connectivity index (χ0n) is 11.4. The molecule has 1 rings (SSSR count). The lowest BCUT2D eigenvalue weighted by molar-refractivity contribution is -0.127. The number of hydrogen-bond acceptors (Lipinski definition) is 3. The van der Waals surface area contributed by atoms with Crippen LogP contribution in [-0.4, -0.2) is 35.9 Å². The molecule has 1 atom stereocenters. The summed E-state index contributed by atoms with van der Waals surface area (Å²) in [4.78, 5) is 13.4. The van der Waals surface area contributed by atoms with Gasteiger partial charge < -0.3 is 10.6 Å². The molecule has 0 aliphatic heterocycles. The fourth-order valence-electron chi connectivity index (χ4n) is 1.50. The maximum Gasteiger partial charge on any atom is 0.232 e. The second kappa shape index (κ2) is 8.17. The number of nitrogens with two attached hydrogens (primary N) is 1. The number of nitrogens with zero attached hydrogens (tertiary/aromatic N) is 1. The molecule has 0 bridgehead atoms. The molecule has 1 unspecified atom stereocenters. The quantitative estimate of drug-likeness (QED) is 0.834. The van der Waals surface area contributed by atoms with Crippen LogP contribution in [0.1, 0.15) is 12.5 Å². The van der Waals surface area contributed by atoms with Gasteiger partial charge in [0.05, 0.1) is 5.75 Å². The molecule has 0 heterocycles. The topological polar surface area (TPSA) is 46.3 Å². The number of amides is 1. The maximum absolute atomic E-state index is 13.5. The number of benzene rings is 1. The third-order valence-corrected chi connectivity index (χ3v) is 4.08. The van der Waals surface area contributed by atoms with Crippen molar-refractivity contribution < 1.29 is 9.18 Å². The minimum Gasteiger partial charge on any atom is -0.341 e. The van der Waals surface area contributed by atoms with Gasteiger partial charge in [0.25, 0.3) is 0 Å². The normalized spacial score (nSPS) is 12.2. The largest absolute Gasteiger partial charge is 0.341 e. The van der Waals surface area contributed by atoms with Gasteiger partial charge in [0, 0.05) is 19.2 Å². The van der Waals surface area contributed by atoms with Gasteiger partial charge in [0.1, 0.15) is 5.82 Å². The average Bonchev–Trinajstić information content (AvgIpc) is 2.40. The number of rotatable bonds is 7. The molecule has 1 aromatic rings. The molecule has 1 amide bonds. The lowest BCUT2D eigenvalue weighted by atomic mass is 10.2. The molecule has 0 radical (unpaired) electrons. The van der Waals surface area contributed by atoms with Crippen LogP contribution in [0.3, 0.4) is 0 Å². The fourth-order valence-corrected chi connectivity index (χ4v) is 2.55. The first-order valence-electron chi connectivity index (χ1n) is 6.29. The second-order valence-electron chi connectivity index (χ2n) is 4.70. The van der Waals surface area contributed by atoms with Gasteiger partial charge in [-0.1, -0.05) is 25.1 Å². The van der Waals surface area contributed by atoms with E-state index in [9.17, 15) is 9.18 Å². The van der Waals surface area contributed by atoms with Crippen LogP contribution < -0.4 is 5.73 Å². The maximum atomic E-state index is 13.5. The Morgan fingerprint density at radius 2 is 2.16 bits per heavy atom. The third-order valence-electron chi connectivity index (χ3n) is 2.82. The Kier molecular flexibility index (Phi) is 6.87. The van der Waals surface area contributed by atoms with E-state index in [4.69, 9.17) is 5.73 Å². The highest BCUT2D eigenvalue weighted by molar-refractivity contribution is 7.99. The Labute approximate surface area is 118 Å². The van der Waals surface area contributed by atoms with Crippen molar-refractivity contribution in [2.45, 2.75) is 13.5 Å². The van der Waals surface area contributed by atoms with Gasteiger partial charge >= 0.3 is 0 Å². The summed E-state index contributed by atoms with van der Waals surface area (Å²) in [6, 6.07) is 6.52. The Morgan fingerprint density at radius 1 is 1.47 bits per heavy atom. The van der Waals surface area contributed by atoms with E-state index in [1.165, 1.54) is 6.07 Å². The lowest BCUT2D eigenvalue weighted by Gasteiger charge is -2.18. The monoisotopic (exact) mass is 284 g/mol. The van der Waals surface area contributed by atoms with E-state index in [1.54, 1.807) is 41.9 Å². The van der Waals surface area contributed by atoms with E-state index in [0.29, 0.717) is 30.3 Å². The van der Waals surface area contributed by atoms with Crippen LogP contribution in [0.25, 0.3) is 0 Å². The summed E-state index contributed by atoms with van der Waals surface area (Å²) in [5.74, 6) is 1.43. The van der Waals surface area contributed by atoms with Crippen molar-refractivity contribution in [3.05, 3.63) is 35.6 Å². The number of hydrogen-bond donors (Lipinski definition) is 1. The molecule has 2 N–H and O–H groups in total. The van der Waals surface area contributed by atoms with Gasteiger partial charge in [-0.25, -0.2) is 4.39 Å². The van der Waals surface area contributed by atoms with Crippen molar-refractivity contribution in [2.75, 3.05) is 25.1 Å². The molecular formula is C14H21FN2OS. The molecule has 1 aromatic carbocycles. The van der Waals surface area contributed by atoms with Crippen molar-refractivity contribution in [1.82, 2.24) is 4.90 Å². The molecule has 0 aromatic heterocycles. The Bertz CT molecular complexity index is 414. The molecule has 19 heavy (non-hydrogen) atoms. The van der Waals surface area contributed by atoms with E-state index in [1.807, 2.05) is 0 Å². The summed E-state index contributed by atoms with van der Waals surface area (Å²) in [5.41, 5.74) is 6.06. The zero-order chi connectivity index (χ0) is 14.3. The van der Waals surface area contributed by atoms with Crippen molar-refractivity contribution in [2.24, 2.45) is 11.7 Å². The molecule has 5 heteroatoms. The van der Waals surface area contributed by atoms with Gasteiger partial charge in [-0.05, 0) is 24.3 Å². The predicted octanol–water partition coefficient (Wildman–Crippen LogP) is 2.11. The van der Waals surface area contributed by atoms with Crippen molar-refractivity contribution >= 4 is 17.7 Å². The summed E-state index contributed by atoms with van der Waals surface area (Å²) in [7, 11) is 1.70. The highest BCUT2D eigenvalue weighted by Crippen LogP contribution is 2.11. The Hall–Kier alpha value is -1.07.